The summed E-state index contributed by atoms with van der Waals surface area (Å²) in [7, 11) is 0. The van der Waals surface area contributed by atoms with Gasteiger partial charge in [0.25, 0.3) is 0 Å². The second kappa shape index (κ2) is 9.18. The van der Waals surface area contributed by atoms with Crippen LogP contribution >= 0.6 is 0 Å². The Balaban J connectivity index is 1.76. The molecule has 3 nitrogen and oxygen atoms in total. The van der Waals surface area contributed by atoms with E-state index in [1.165, 1.54) is 18.4 Å². The average Bonchev–Trinajstić information content (AvgIpc) is 2.73. The van der Waals surface area contributed by atoms with E-state index in [2.05, 4.69) is 54.8 Å². The van der Waals surface area contributed by atoms with Crippen LogP contribution in [0.3, 0.4) is 0 Å². The van der Waals surface area contributed by atoms with E-state index in [0.717, 1.165) is 31.6 Å². The molecule has 3 atom stereocenters. The molecule has 3 unspecified atom stereocenters. The van der Waals surface area contributed by atoms with Crippen molar-refractivity contribution in [1.82, 2.24) is 5.32 Å². The molecule has 0 aliphatic carbocycles. The molecule has 1 amide bonds. The second-order valence-corrected chi connectivity index (χ2v) is 8.11. The molecule has 27 heavy (non-hydrogen) atoms. The maximum atomic E-state index is 13.1. The van der Waals surface area contributed by atoms with E-state index in [1.54, 1.807) is 0 Å². The van der Waals surface area contributed by atoms with Crippen LogP contribution in [0.25, 0.3) is 0 Å². The summed E-state index contributed by atoms with van der Waals surface area (Å²) in [6.07, 6.45) is 4.42. The summed E-state index contributed by atoms with van der Waals surface area (Å²) in [6, 6.07) is 20.4. The van der Waals surface area contributed by atoms with E-state index in [1.807, 2.05) is 30.3 Å². The number of piperidine rings is 1. The monoisotopic (exact) mass is 364 g/mol. The number of aryl methyl sites for hydroxylation is 1. The van der Waals surface area contributed by atoms with Crippen LogP contribution in [0.5, 0.6) is 0 Å². The number of hydrogen-bond donors (Lipinski definition) is 2. The van der Waals surface area contributed by atoms with Crippen molar-refractivity contribution in [2.24, 2.45) is 17.3 Å². The zero-order valence-corrected chi connectivity index (χ0v) is 16.6. The van der Waals surface area contributed by atoms with E-state index < -0.39 is 0 Å². The van der Waals surface area contributed by atoms with Crippen LogP contribution in [0.1, 0.15) is 38.7 Å². The summed E-state index contributed by atoms with van der Waals surface area (Å²) in [4.78, 5) is 13.1. The number of benzene rings is 2. The van der Waals surface area contributed by atoms with E-state index in [9.17, 15) is 4.79 Å². The Labute approximate surface area is 163 Å². The number of nitrogens with one attached hydrogen (secondary N) is 2. The first kappa shape index (κ1) is 19.6. The summed E-state index contributed by atoms with van der Waals surface area (Å²) in [5.74, 6) is 0.597. The molecule has 0 aromatic heterocycles. The quantitative estimate of drug-likeness (QED) is 0.734. The fourth-order valence-electron chi connectivity index (χ4n) is 4.32. The minimum absolute atomic E-state index is 0.0396. The lowest BCUT2D eigenvalue weighted by atomic mass is 9.63. The summed E-state index contributed by atoms with van der Waals surface area (Å²) in [5, 5.41) is 6.68. The van der Waals surface area contributed by atoms with Gasteiger partial charge in [-0.1, -0.05) is 62.4 Å². The molecule has 0 saturated carbocycles. The number of carbonyl (C=O) groups is 1. The predicted octanol–water partition coefficient (Wildman–Crippen LogP) is 4.90. The highest BCUT2D eigenvalue weighted by molar-refractivity contribution is 5.92. The normalized spacial score (nSPS) is 20.4. The van der Waals surface area contributed by atoms with Crippen molar-refractivity contribution in [1.29, 1.82) is 0 Å². The van der Waals surface area contributed by atoms with Crippen molar-refractivity contribution in [3.8, 4) is 0 Å². The topological polar surface area (TPSA) is 41.1 Å². The van der Waals surface area contributed by atoms with Gasteiger partial charge in [0.05, 0.1) is 0 Å². The maximum absolute atomic E-state index is 13.1. The third-order valence-corrected chi connectivity index (χ3v) is 6.45. The Morgan fingerprint density at radius 1 is 1.15 bits per heavy atom. The first-order chi connectivity index (χ1) is 13.1. The Kier molecular flexibility index (Phi) is 6.68. The summed E-state index contributed by atoms with van der Waals surface area (Å²) in [6.45, 7) is 6.53. The summed E-state index contributed by atoms with van der Waals surface area (Å²) >= 11 is 0. The molecule has 3 heteroatoms. The van der Waals surface area contributed by atoms with E-state index in [4.69, 9.17) is 0 Å². The maximum Gasteiger partial charge on any atom is 0.227 e. The molecule has 2 aromatic rings. The van der Waals surface area contributed by atoms with Gasteiger partial charge < -0.3 is 10.6 Å². The molecule has 1 aliphatic heterocycles. The zero-order chi connectivity index (χ0) is 19.1. The smallest absolute Gasteiger partial charge is 0.227 e. The van der Waals surface area contributed by atoms with Crippen molar-refractivity contribution in [3.05, 3.63) is 66.2 Å². The van der Waals surface area contributed by atoms with E-state index in [-0.39, 0.29) is 17.2 Å². The van der Waals surface area contributed by atoms with Gasteiger partial charge in [0.2, 0.25) is 5.91 Å². The third kappa shape index (κ3) is 4.98. The Morgan fingerprint density at radius 2 is 1.81 bits per heavy atom. The standard InChI is InChI=1S/C24H32N2O/c1-19(23(27)26-22-13-7-4-8-14-22)24(2,21-12-9-17-25-18-21)16-15-20-10-5-3-6-11-20/h3-8,10-11,13-14,19,21,25H,9,12,15-18H2,1-2H3,(H,26,27). The number of anilines is 1. The molecule has 144 valence electrons. The summed E-state index contributed by atoms with van der Waals surface area (Å²) in [5.41, 5.74) is 2.19. The number of para-hydroxylation sites is 1. The lowest BCUT2D eigenvalue weighted by Gasteiger charge is -2.44. The highest BCUT2D eigenvalue weighted by Gasteiger charge is 2.42. The van der Waals surface area contributed by atoms with Crippen LogP contribution in [-0.2, 0) is 11.2 Å². The van der Waals surface area contributed by atoms with Crippen LogP contribution in [-0.4, -0.2) is 19.0 Å². The number of hydrogen-bond acceptors (Lipinski definition) is 2. The van der Waals surface area contributed by atoms with E-state index in [0.29, 0.717) is 5.92 Å². The number of rotatable bonds is 7. The SMILES string of the molecule is CC(C(=O)Nc1ccccc1)C(C)(CCc1ccccc1)C1CCCNC1. The molecule has 1 saturated heterocycles. The van der Waals surface area contributed by atoms with Crippen molar-refractivity contribution in [2.75, 3.05) is 18.4 Å². The van der Waals surface area contributed by atoms with Crippen LogP contribution in [0, 0.1) is 17.3 Å². The third-order valence-electron chi connectivity index (χ3n) is 6.45. The second-order valence-electron chi connectivity index (χ2n) is 8.11. The van der Waals surface area contributed by atoms with E-state index >= 15 is 0 Å². The highest BCUT2D eigenvalue weighted by Crippen LogP contribution is 2.43. The largest absolute Gasteiger partial charge is 0.326 e. The van der Waals surface area contributed by atoms with Gasteiger partial charge in [0, 0.05) is 11.6 Å². The molecular formula is C24H32N2O. The van der Waals surface area contributed by atoms with Crippen LogP contribution in [0.15, 0.2) is 60.7 Å². The van der Waals surface area contributed by atoms with Crippen molar-refractivity contribution < 1.29 is 4.79 Å². The molecule has 1 heterocycles. The molecule has 0 spiro atoms. The van der Waals surface area contributed by atoms with Crippen LogP contribution < -0.4 is 10.6 Å². The molecular weight excluding hydrogens is 332 g/mol. The molecule has 0 bridgehead atoms. The van der Waals surface area contributed by atoms with Gasteiger partial charge in [-0.2, -0.15) is 0 Å². The highest BCUT2D eigenvalue weighted by atomic mass is 16.1. The van der Waals surface area contributed by atoms with Gasteiger partial charge in [0.1, 0.15) is 0 Å². The lowest BCUT2D eigenvalue weighted by Crippen LogP contribution is -2.46. The first-order valence-electron chi connectivity index (χ1n) is 10.2. The van der Waals surface area contributed by atoms with Gasteiger partial charge in [0.15, 0.2) is 0 Å². The van der Waals surface area contributed by atoms with Gasteiger partial charge in [-0.05, 0) is 67.8 Å². The predicted molar refractivity (Wildman–Crippen MR) is 113 cm³/mol. The molecule has 1 aliphatic rings. The van der Waals surface area contributed by atoms with Gasteiger partial charge in [-0.15, -0.1) is 0 Å². The summed E-state index contributed by atoms with van der Waals surface area (Å²) < 4.78 is 0. The fraction of sp³-hybridized carbons (Fsp3) is 0.458. The Morgan fingerprint density at radius 3 is 2.44 bits per heavy atom. The molecule has 1 fully saturated rings. The minimum Gasteiger partial charge on any atom is -0.326 e. The number of carbonyl (C=O) groups excluding carboxylic acids is 1. The molecule has 2 N–H and O–H groups in total. The minimum atomic E-state index is -0.0497. The van der Waals surface area contributed by atoms with Gasteiger partial charge in [-0.25, -0.2) is 0 Å². The molecule has 3 rings (SSSR count). The van der Waals surface area contributed by atoms with Crippen LogP contribution in [0.4, 0.5) is 5.69 Å². The van der Waals surface area contributed by atoms with Crippen molar-refractivity contribution in [2.45, 2.75) is 39.5 Å². The van der Waals surface area contributed by atoms with Gasteiger partial charge >= 0.3 is 0 Å². The lowest BCUT2D eigenvalue weighted by molar-refractivity contribution is -0.125. The zero-order valence-electron chi connectivity index (χ0n) is 16.6. The van der Waals surface area contributed by atoms with Crippen molar-refractivity contribution >= 4 is 11.6 Å². The van der Waals surface area contributed by atoms with Gasteiger partial charge in [-0.3, -0.25) is 4.79 Å². The van der Waals surface area contributed by atoms with Crippen LogP contribution in [0.2, 0.25) is 0 Å². The number of amides is 1. The molecule has 2 aromatic carbocycles. The first-order valence-corrected chi connectivity index (χ1v) is 10.2. The fourth-order valence-corrected chi connectivity index (χ4v) is 4.32. The average molecular weight is 365 g/mol. The van der Waals surface area contributed by atoms with Crippen molar-refractivity contribution in [3.63, 3.8) is 0 Å². The molecule has 0 radical (unpaired) electrons. The Bertz CT molecular complexity index is 710. The Hall–Kier alpha value is -2.13.